The van der Waals surface area contributed by atoms with Crippen LogP contribution in [0.5, 0.6) is 0 Å². The van der Waals surface area contributed by atoms with E-state index in [-0.39, 0.29) is 23.7 Å². The molecule has 0 saturated carbocycles. The van der Waals surface area contributed by atoms with Crippen molar-refractivity contribution in [2.45, 2.75) is 51.9 Å². The summed E-state index contributed by atoms with van der Waals surface area (Å²) in [5.74, 6) is -1.53. The first-order valence-corrected chi connectivity index (χ1v) is 8.36. The smallest absolute Gasteiger partial charge is 0.334 e. The van der Waals surface area contributed by atoms with Crippen LogP contribution in [0.4, 0.5) is 0 Å². The fourth-order valence-corrected chi connectivity index (χ4v) is 3.35. The first-order valence-electron chi connectivity index (χ1n) is 8.36. The van der Waals surface area contributed by atoms with Crippen LogP contribution < -0.4 is 0 Å². The van der Waals surface area contributed by atoms with Crippen molar-refractivity contribution in [3.05, 3.63) is 35.6 Å². The minimum atomic E-state index is -1.15. The van der Waals surface area contributed by atoms with Gasteiger partial charge < -0.3 is 14.2 Å². The molecule has 3 aliphatic rings. The number of carbonyl (C=O) groups excluding carboxylic acids is 3. The molecule has 1 fully saturated rings. The van der Waals surface area contributed by atoms with Crippen LogP contribution in [0.1, 0.15) is 34.1 Å². The normalized spacial score (nSPS) is 36.4. The number of ether oxygens (including phenoxy) is 3. The zero-order valence-corrected chi connectivity index (χ0v) is 14.8. The van der Waals surface area contributed by atoms with Crippen molar-refractivity contribution in [3.8, 4) is 0 Å². The average molecular weight is 346 g/mol. The average Bonchev–Trinajstić information content (AvgIpc) is 2.96. The summed E-state index contributed by atoms with van der Waals surface area (Å²) in [5.41, 5.74) is -0.198. The van der Waals surface area contributed by atoms with Crippen molar-refractivity contribution in [1.29, 1.82) is 0 Å². The Kier molecular flexibility index (Phi) is 4.09. The van der Waals surface area contributed by atoms with Gasteiger partial charge in [0, 0.05) is 18.1 Å². The Labute approximate surface area is 146 Å². The molecule has 134 valence electrons. The Balaban J connectivity index is 2.05. The highest BCUT2D eigenvalue weighted by molar-refractivity contribution is 6.00. The molecule has 3 aliphatic heterocycles. The zero-order valence-electron chi connectivity index (χ0n) is 14.8. The lowest BCUT2D eigenvalue weighted by atomic mass is 9.82. The van der Waals surface area contributed by atoms with E-state index in [4.69, 9.17) is 14.2 Å². The molecule has 0 radical (unpaired) electrons. The van der Waals surface area contributed by atoms with Gasteiger partial charge in [0.25, 0.3) is 0 Å². The number of carbonyl (C=O) groups is 3. The number of hydrogen-bond acceptors (Lipinski definition) is 6. The van der Waals surface area contributed by atoms with E-state index in [0.717, 1.165) is 0 Å². The van der Waals surface area contributed by atoms with E-state index in [2.05, 4.69) is 6.58 Å². The lowest BCUT2D eigenvalue weighted by Crippen LogP contribution is -2.43. The maximum absolute atomic E-state index is 12.5. The van der Waals surface area contributed by atoms with Crippen molar-refractivity contribution in [2.75, 3.05) is 0 Å². The van der Waals surface area contributed by atoms with Crippen LogP contribution in [-0.2, 0) is 28.6 Å². The van der Waals surface area contributed by atoms with Gasteiger partial charge in [-0.15, -0.1) is 0 Å². The number of ketones is 1. The molecule has 1 saturated heterocycles. The van der Waals surface area contributed by atoms with Crippen LogP contribution in [0.15, 0.2) is 35.6 Å². The van der Waals surface area contributed by atoms with Crippen molar-refractivity contribution in [1.82, 2.24) is 0 Å². The third-order valence-corrected chi connectivity index (χ3v) is 4.91. The lowest BCUT2D eigenvalue weighted by molar-refractivity contribution is -0.161. The molecule has 0 N–H and O–H groups in total. The summed E-state index contributed by atoms with van der Waals surface area (Å²) in [6.07, 6.45) is 1.95. The van der Waals surface area contributed by atoms with Gasteiger partial charge in [0.15, 0.2) is 5.60 Å². The number of fused-ring (bicyclic) bond motifs is 3. The number of rotatable bonds is 2. The Morgan fingerprint density at radius 1 is 1.40 bits per heavy atom. The molecule has 3 rings (SSSR count). The van der Waals surface area contributed by atoms with E-state index in [0.29, 0.717) is 11.3 Å². The van der Waals surface area contributed by atoms with Crippen molar-refractivity contribution < 1.29 is 28.6 Å². The van der Waals surface area contributed by atoms with Crippen molar-refractivity contribution >= 4 is 17.7 Å². The third kappa shape index (κ3) is 2.90. The van der Waals surface area contributed by atoms with E-state index in [1.807, 2.05) is 0 Å². The molecule has 2 bridgehead atoms. The highest BCUT2D eigenvalue weighted by Crippen LogP contribution is 2.42. The molecule has 0 aromatic rings. The minimum Gasteiger partial charge on any atom is -0.479 e. The molecule has 0 aromatic carbocycles. The molecule has 0 unspecified atom stereocenters. The van der Waals surface area contributed by atoms with Gasteiger partial charge in [-0.2, -0.15) is 0 Å². The van der Waals surface area contributed by atoms with Gasteiger partial charge in [-0.05, 0) is 25.5 Å². The Morgan fingerprint density at radius 2 is 2.08 bits per heavy atom. The number of allylic oxidation sites excluding steroid dienone is 1. The standard InChI is InChI=1S/C19H22O6/c1-9(2)17(21)24-14-8-19(5)15(20)7-12(25-19)10(3)6-13-16(14)11(4)18(22)23-13/h6-7,9,13-14,16H,4,8H2,1-3,5H3/b10-6-/t13-,14+,16+,19-/m1/s1. The van der Waals surface area contributed by atoms with Crippen LogP contribution in [-0.4, -0.2) is 35.5 Å². The fourth-order valence-electron chi connectivity index (χ4n) is 3.35. The molecule has 4 atom stereocenters. The summed E-state index contributed by atoms with van der Waals surface area (Å²) in [6, 6.07) is 0. The van der Waals surface area contributed by atoms with Gasteiger partial charge in [0.1, 0.15) is 18.0 Å². The van der Waals surface area contributed by atoms with Crippen molar-refractivity contribution in [3.63, 3.8) is 0 Å². The molecule has 0 aromatic heterocycles. The largest absolute Gasteiger partial charge is 0.479 e. The van der Waals surface area contributed by atoms with E-state index in [1.54, 1.807) is 33.8 Å². The maximum Gasteiger partial charge on any atom is 0.334 e. The van der Waals surface area contributed by atoms with Crippen LogP contribution >= 0.6 is 0 Å². The zero-order chi connectivity index (χ0) is 18.5. The summed E-state index contributed by atoms with van der Waals surface area (Å²) in [4.78, 5) is 36.7. The monoisotopic (exact) mass is 346 g/mol. The molecule has 25 heavy (non-hydrogen) atoms. The first kappa shape index (κ1) is 17.5. The van der Waals surface area contributed by atoms with Crippen LogP contribution in [0.2, 0.25) is 0 Å². The quantitative estimate of drug-likeness (QED) is 0.564. The van der Waals surface area contributed by atoms with Crippen molar-refractivity contribution in [2.24, 2.45) is 11.8 Å². The highest BCUT2D eigenvalue weighted by Gasteiger charge is 2.51. The molecular formula is C19H22O6. The summed E-state index contributed by atoms with van der Waals surface area (Å²) >= 11 is 0. The van der Waals surface area contributed by atoms with Gasteiger partial charge in [-0.1, -0.05) is 20.4 Å². The summed E-state index contributed by atoms with van der Waals surface area (Å²) in [6.45, 7) is 10.7. The molecule has 6 nitrogen and oxygen atoms in total. The first-order chi connectivity index (χ1) is 11.6. The van der Waals surface area contributed by atoms with E-state index >= 15 is 0 Å². The third-order valence-electron chi connectivity index (χ3n) is 4.91. The maximum atomic E-state index is 12.5. The lowest BCUT2D eigenvalue weighted by Gasteiger charge is -2.31. The molecule has 0 aliphatic carbocycles. The van der Waals surface area contributed by atoms with Gasteiger partial charge in [-0.25, -0.2) is 4.79 Å². The van der Waals surface area contributed by atoms with Gasteiger partial charge in [0.05, 0.1) is 11.8 Å². The van der Waals surface area contributed by atoms with Crippen LogP contribution in [0.25, 0.3) is 0 Å². The summed E-state index contributed by atoms with van der Waals surface area (Å²) in [7, 11) is 0. The SMILES string of the molecule is C=C1C(=O)O[C@@H]2/C=C(/C)C3=CC(=O)[C@@](C)(C[C@H](OC(=O)C(C)C)[C@@H]12)O3. The highest BCUT2D eigenvalue weighted by atomic mass is 16.6. The predicted octanol–water partition coefficient (Wildman–Crippen LogP) is 2.24. The fraction of sp³-hybridized carbons (Fsp3) is 0.526. The number of hydrogen-bond donors (Lipinski definition) is 0. The minimum absolute atomic E-state index is 0.127. The van der Waals surface area contributed by atoms with E-state index in [1.165, 1.54) is 6.08 Å². The van der Waals surface area contributed by atoms with Gasteiger partial charge in [-0.3, -0.25) is 9.59 Å². The molecular weight excluding hydrogens is 324 g/mol. The molecule has 0 amide bonds. The Bertz CT molecular complexity index is 728. The second-order valence-electron chi connectivity index (χ2n) is 7.31. The molecule has 3 heterocycles. The summed E-state index contributed by atoms with van der Waals surface area (Å²) < 4.78 is 16.9. The second-order valence-corrected chi connectivity index (χ2v) is 7.31. The number of esters is 2. The molecule has 6 heteroatoms. The van der Waals surface area contributed by atoms with Crippen LogP contribution in [0.3, 0.4) is 0 Å². The van der Waals surface area contributed by atoms with Gasteiger partial charge in [0.2, 0.25) is 5.78 Å². The Hall–Kier alpha value is -2.37. The second kappa shape index (κ2) is 5.86. The van der Waals surface area contributed by atoms with E-state index < -0.39 is 35.7 Å². The van der Waals surface area contributed by atoms with Crippen LogP contribution in [0, 0.1) is 11.8 Å². The summed E-state index contributed by atoms with van der Waals surface area (Å²) in [5, 5.41) is 0. The molecule has 0 spiro atoms. The predicted molar refractivity (Wildman–Crippen MR) is 88.2 cm³/mol. The Morgan fingerprint density at radius 3 is 2.72 bits per heavy atom. The van der Waals surface area contributed by atoms with E-state index in [9.17, 15) is 14.4 Å². The van der Waals surface area contributed by atoms with Gasteiger partial charge >= 0.3 is 11.9 Å². The topological polar surface area (TPSA) is 78.9 Å².